The van der Waals surface area contributed by atoms with Crippen LogP contribution in [0.4, 0.5) is 11.5 Å². The van der Waals surface area contributed by atoms with Crippen molar-refractivity contribution in [3.63, 3.8) is 0 Å². The second kappa shape index (κ2) is 6.54. The van der Waals surface area contributed by atoms with Crippen LogP contribution >= 0.6 is 0 Å². The fourth-order valence-electron chi connectivity index (χ4n) is 3.09. The molecule has 0 fully saturated rings. The molecule has 9 nitrogen and oxygen atoms in total. The van der Waals surface area contributed by atoms with E-state index in [0.29, 0.717) is 17.2 Å². The number of aromatic amines is 2. The third-order valence-electron chi connectivity index (χ3n) is 4.44. The molecule has 4 heterocycles. The first-order chi connectivity index (χ1) is 13.8. The molecule has 0 saturated heterocycles. The predicted octanol–water partition coefficient (Wildman–Crippen LogP) is 3.76. The summed E-state index contributed by atoms with van der Waals surface area (Å²) in [5.74, 6) is 1.30. The van der Waals surface area contributed by atoms with Crippen molar-refractivity contribution in [1.82, 2.24) is 30.4 Å². The van der Waals surface area contributed by atoms with Crippen LogP contribution in [0.3, 0.4) is 0 Å². The molecule has 138 valence electrons. The van der Waals surface area contributed by atoms with Crippen LogP contribution in [0.1, 0.15) is 0 Å². The fraction of sp³-hybridized carbons (Fsp3) is 0.0526. The lowest BCUT2D eigenvalue weighted by atomic mass is 10.1. The Morgan fingerprint density at radius 1 is 1.11 bits per heavy atom. The Morgan fingerprint density at radius 2 is 2.07 bits per heavy atom. The van der Waals surface area contributed by atoms with Crippen molar-refractivity contribution in [3.8, 4) is 28.1 Å². The van der Waals surface area contributed by atoms with Gasteiger partial charge in [0, 0.05) is 17.3 Å². The zero-order valence-corrected chi connectivity index (χ0v) is 14.8. The maximum atomic E-state index is 5.52. The standard InChI is InChI=1S/C19H15N7O2/c1-27-15-3-2-11(12-4-5-28-9-12)6-14(15)24-18-16-17(13-7-22-23-8-13)25-26-19(16)21-10-20-18/h2-10H,1H3,(H,22,23)(H2,20,21,24,25,26). The third-order valence-corrected chi connectivity index (χ3v) is 4.44. The van der Waals surface area contributed by atoms with Crippen molar-refractivity contribution in [2.75, 3.05) is 12.4 Å². The SMILES string of the molecule is COc1ccc(-c2ccoc2)cc1Nc1ncnc2n[nH]c(-c3cn[nH]c3)c12. The number of fused-ring (bicyclic) bond motifs is 1. The van der Waals surface area contributed by atoms with Crippen molar-refractivity contribution >= 4 is 22.5 Å². The molecule has 0 spiro atoms. The van der Waals surface area contributed by atoms with Gasteiger partial charge in [-0.2, -0.15) is 10.2 Å². The van der Waals surface area contributed by atoms with Gasteiger partial charge in [0.15, 0.2) is 5.65 Å². The zero-order chi connectivity index (χ0) is 18.9. The van der Waals surface area contributed by atoms with E-state index in [9.17, 15) is 0 Å². The fourth-order valence-corrected chi connectivity index (χ4v) is 3.09. The van der Waals surface area contributed by atoms with Gasteiger partial charge in [-0.25, -0.2) is 9.97 Å². The van der Waals surface area contributed by atoms with E-state index in [-0.39, 0.29) is 0 Å². The summed E-state index contributed by atoms with van der Waals surface area (Å²) in [7, 11) is 1.63. The summed E-state index contributed by atoms with van der Waals surface area (Å²) in [4.78, 5) is 8.67. The average molecular weight is 373 g/mol. The van der Waals surface area contributed by atoms with Gasteiger partial charge in [-0.1, -0.05) is 6.07 Å². The van der Waals surface area contributed by atoms with E-state index in [1.54, 1.807) is 32.0 Å². The molecule has 9 heteroatoms. The molecule has 0 unspecified atom stereocenters. The normalized spacial score (nSPS) is 11.0. The maximum absolute atomic E-state index is 5.52. The molecule has 0 aliphatic rings. The smallest absolute Gasteiger partial charge is 0.186 e. The zero-order valence-electron chi connectivity index (χ0n) is 14.8. The van der Waals surface area contributed by atoms with E-state index in [1.165, 1.54) is 6.33 Å². The van der Waals surface area contributed by atoms with Crippen LogP contribution < -0.4 is 10.1 Å². The van der Waals surface area contributed by atoms with Gasteiger partial charge in [0.1, 0.15) is 17.9 Å². The summed E-state index contributed by atoms with van der Waals surface area (Å²) < 4.78 is 10.7. The van der Waals surface area contributed by atoms with Gasteiger partial charge >= 0.3 is 0 Å². The molecular formula is C19H15N7O2. The summed E-state index contributed by atoms with van der Waals surface area (Å²) in [6.45, 7) is 0. The first-order valence-corrected chi connectivity index (χ1v) is 8.49. The number of methoxy groups -OCH3 is 1. The number of hydrogen-bond donors (Lipinski definition) is 3. The van der Waals surface area contributed by atoms with Gasteiger partial charge in [0.05, 0.1) is 42.6 Å². The van der Waals surface area contributed by atoms with E-state index in [1.807, 2.05) is 24.3 Å². The molecule has 5 rings (SSSR count). The molecular weight excluding hydrogens is 358 g/mol. The van der Waals surface area contributed by atoms with Gasteiger partial charge < -0.3 is 14.5 Å². The average Bonchev–Trinajstić information content (AvgIpc) is 3.49. The van der Waals surface area contributed by atoms with E-state index < -0.39 is 0 Å². The van der Waals surface area contributed by atoms with Crippen LogP contribution in [0, 0.1) is 0 Å². The third kappa shape index (κ3) is 2.65. The molecule has 4 aromatic heterocycles. The van der Waals surface area contributed by atoms with E-state index in [0.717, 1.165) is 33.5 Å². The minimum atomic E-state index is 0.554. The van der Waals surface area contributed by atoms with Crippen LogP contribution in [0.25, 0.3) is 33.4 Å². The largest absolute Gasteiger partial charge is 0.495 e. The molecule has 0 bridgehead atoms. The highest BCUT2D eigenvalue weighted by molar-refractivity contribution is 5.99. The molecule has 0 radical (unpaired) electrons. The highest BCUT2D eigenvalue weighted by Crippen LogP contribution is 2.36. The lowest BCUT2D eigenvalue weighted by molar-refractivity contribution is 0.417. The van der Waals surface area contributed by atoms with Crippen LogP contribution in [-0.2, 0) is 0 Å². The predicted molar refractivity (Wildman–Crippen MR) is 103 cm³/mol. The highest BCUT2D eigenvalue weighted by atomic mass is 16.5. The molecule has 5 aromatic rings. The first kappa shape index (κ1) is 16.1. The van der Waals surface area contributed by atoms with Gasteiger partial charge in [0.25, 0.3) is 0 Å². The highest BCUT2D eigenvalue weighted by Gasteiger charge is 2.16. The van der Waals surface area contributed by atoms with E-state index in [4.69, 9.17) is 9.15 Å². The molecule has 0 aliphatic carbocycles. The second-order valence-electron chi connectivity index (χ2n) is 6.06. The molecule has 0 saturated carbocycles. The number of ether oxygens (including phenoxy) is 1. The summed E-state index contributed by atoms with van der Waals surface area (Å²) >= 11 is 0. The number of rotatable bonds is 5. The van der Waals surface area contributed by atoms with Crippen LogP contribution in [0.5, 0.6) is 5.75 Å². The van der Waals surface area contributed by atoms with Crippen molar-refractivity contribution in [2.24, 2.45) is 0 Å². The van der Waals surface area contributed by atoms with E-state index >= 15 is 0 Å². The Hall–Kier alpha value is -4.14. The summed E-state index contributed by atoms with van der Waals surface area (Å²) in [5, 5.41) is 18.2. The number of furan rings is 1. The Kier molecular flexibility index (Phi) is 3.75. The molecule has 0 amide bonds. The topological polar surface area (TPSA) is 118 Å². The molecule has 1 aromatic carbocycles. The quantitative estimate of drug-likeness (QED) is 0.429. The molecule has 28 heavy (non-hydrogen) atoms. The van der Waals surface area contributed by atoms with Crippen LogP contribution in [0.2, 0.25) is 0 Å². The second-order valence-corrected chi connectivity index (χ2v) is 6.06. The van der Waals surface area contributed by atoms with Crippen molar-refractivity contribution in [1.29, 1.82) is 0 Å². The van der Waals surface area contributed by atoms with Crippen LogP contribution in [-0.4, -0.2) is 37.5 Å². The summed E-state index contributed by atoms with van der Waals surface area (Å²) in [6.07, 6.45) is 8.30. The van der Waals surface area contributed by atoms with Gasteiger partial charge in [0.2, 0.25) is 0 Å². The number of H-pyrrole nitrogens is 2. The lowest BCUT2D eigenvalue weighted by Gasteiger charge is -2.13. The number of anilines is 2. The molecule has 0 aliphatic heterocycles. The first-order valence-electron chi connectivity index (χ1n) is 8.49. The Morgan fingerprint density at radius 3 is 2.86 bits per heavy atom. The van der Waals surface area contributed by atoms with Crippen molar-refractivity contribution < 1.29 is 9.15 Å². The maximum Gasteiger partial charge on any atom is 0.186 e. The Bertz CT molecular complexity index is 1230. The lowest BCUT2D eigenvalue weighted by Crippen LogP contribution is -1.99. The minimum Gasteiger partial charge on any atom is -0.495 e. The number of nitrogens with zero attached hydrogens (tertiary/aromatic N) is 4. The Labute approximate surface area is 158 Å². The Balaban J connectivity index is 1.62. The minimum absolute atomic E-state index is 0.554. The summed E-state index contributed by atoms with van der Waals surface area (Å²) in [5.41, 5.74) is 4.92. The van der Waals surface area contributed by atoms with E-state index in [2.05, 4.69) is 35.7 Å². The number of hydrogen-bond acceptors (Lipinski definition) is 7. The van der Waals surface area contributed by atoms with Crippen molar-refractivity contribution in [3.05, 3.63) is 55.5 Å². The number of aromatic nitrogens is 6. The summed E-state index contributed by atoms with van der Waals surface area (Å²) in [6, 6.07) is 7.76. The van der Waals surface area contributed by atoms with Crippen molar-refractivity contribution in [2.45, 2.75) is 0 Å². The number of benzene rings is 1. The number of nitrogens with one attached hydrogen (secondary N) is 3. The van der Waals surface area contributed by atoms with Gasteiger partial charge in [-0.15, -0.1) is 0 Å². The molecule has 3 N–H and O–H groups in total. The van der Waals surface area contributed by atoms with Gasteiger partial charge in [-0.3, -0.25) is 10.2 Å². The van der Waals surface area contributed by atoms with Gasteiger partial charge in [-0.05, 0) is 23.8 Å². The van der Waals surface area contributed by atoms with Crippen LogP contribution in [0.15, 0.2) is 59.9 Å². The monoisotopic (exact) mass is 373 g/mol. The molecule has 0 atom stereocenters.